The van der Waals surface area contributed by atoms with Gasteiger partial charge in [-0.05, 0) is 18.6 Å². The molecule has 0 aliphatic heterocycles. The molecule has 0 radical (unpaired) electrons. The second-order valence-corrected chi connectivity index (χ2v) is 6.43. The average Bonchev–Trinajstić information content (AvgIpc) is 2.34. The molecule has 0 heterocycles. The number of ether oxygens (including phenoxy) is 1. The largest absolute Gasteiger partial charge is 0.493 e. The van der Waals surface area contributed by atoms with Gasteiger partial charge in [0.1, 0.15) is 5.75 Å². The van der Waals surface area contributed by atoms with Crippen LogP contribution in [0.5, 0.6) is 5.75 Å². The Labute approximate surface area is 111 Å². The summed E-state index contributed by atoms with van der Waals surface area (Å²) in [7, 11) is 1.68. The standard InChI is InChI=1S/C13H13ClO3S/c1-2-9-17-12-7-8-13(18(14,15)16)11-6-4-3-5-10(11)12/h3-8H,2,9H2,1H3. The summed E-state index contributed by atoms with van der Waals surface area (Å²) < 4.78 is 28.6. The molecule has 0 aliphatic rings. The van der Waals surface area contributed by atoms with Crippen molar-refractivity contribution in [2.75, 3.05) is 6.61 Å². The van der Waals surface area contributed by atoms with Crippen LogP contribution in [0.2, 0.25) is 0 Å². The zero-order valence-corrected chi connectivity index (χ0v) is 11.5. The molecule has 3 nitrogen and oxygen atoms in total. The highest BCUT2D eigenvalue weighted by molar-refractivity contribution is 8.14. The first kappa shape index (κ1) is 13.2. The SMILES string of the molecule is CCCOc1ccc(S(=O)(=O)Cl)c2ccccc12. The van der Waals surface area contributed by atoms with Gasteiger partial charge in [-0.25, -0.2) is 8.42 Å². The van der Waals surface area contributed by atoms with Crippen molar-refractivity contribution in [2.24, 2.45) is 0 Å². The van der Waals surface area contributed by atoms with Crippen molar-refractivity contribution in [1.82, 2.24) is 0 Å². The molecule has 0 bridgehead atoms. The molecule has 0 N–H and O–H groups in total. The van der Waals surface area contributed by atoms with Crippen LogP contribution in [0.4, 0.5) is 0 Å². The summed E-state index contributed by atoms with van der Waals surface area (Å²) in [6, 6.07) is 10.3. The molecule has 2 rings (SSSR count). The predicted molar refractivity (Wildman–Crippen MR) is 72.8 cm³/mol. The molecule has 0 atom stereocenters. The first-order valence-electron chi connectivity index (χ1n) is 5.63. The third kappa shape index (κ3) is 2.60. The van der Waals surface area contributed by atoms with Gasteiger partial charge in [-0.3, -0.25) is 0 Å². The van der Waals surface area contributed by atoms with Crippen LogP contribution in [0.15, 0.2) is 41.3 Å². The predicted octanol–water partition coefficient (Wildman–Crippen LogP) is 3.56. The lowest BCUT2D eigenvalue weighted by Gasteiger charge is -2.10. The van der Waals surface area contributed by atoms with Crippen LogP contribution in [0.25, 0.3) is 10.8 Å². The molecule has 0 saturated heterocycles. The fourth-order valence-corrected chi connectivity index (χ4v) is 2.87. The fraction of sp³-hybridized carbons (Fsp3) is 0.231. The van der Waals surface area contributed by atoms with Crippen LogP contribution in [-0.4, -0.2) is 15.0 Å². The molecule has 96 valence electrons. The quantitative estimate of drug-likeness (QED) is 0.806. The van der Waals surface area contributed by atoms with E-state index in [0.29, 0.717) is 17.7 Å². The lowest BCUT2D eigenvalue weighted by Crippen LogP contribution is -1.98. The summed E-state index contributed by atoms with van der Waals surface area (Å²) in [4.78, 5) is 0.114. The van der Waals surface area contributed by atoms with Gasteiger partial charge in [-0.1, -0.05) is 31.2 Å². The van der Waals surface area contributed by atoms with Gasteiger partial charge in [0, 0.05) is 21.5 Å². The topological polar surface area (TPSA) is 43.4 Å². The van der Waals surface area contributed by atoms with E-state index in [1.807, 2.05) is 19.1 Å². The molecule has 0 aliphatic carbocycles. The Bertz CT molecular complexity index is 665. The van der Waals surface area contributed by atoms with E-state index in [-0.39, 0.29) is 4.90 Å². The van der Waals surface area contributed by atoms with Crippen LogP contribution in [-0.2, 0) is 9.05 Å². The summed E-state index contributed by atoms with van der Waals surface area (Å²) >= 11 is 0. The molecular formula is C13H13ClO3S. The normalized spacial score (nSPS) is 11.7. The fourth-order valence-electron chi connectivity index (χ4n) is 1.79. The second kappa shape index (κ2) is 5.16. The van der Waals surface area contributed by atoms with Crippen molar-refractivity contribution < 1.29 is 13.2 Å². The number of hydrogen-bond donors (Lipinski definition) is 0. The minimum Gasteiger partial charge on any atom is -0.493 e. The third-order valence-electron chi connectivity index (χ3n) is 2.57. The molecular weight excluding hydrogens is 272 g/mol. The van der Waals surface area contributed by atoms with Crippen LogP contribution in [0.1, 0.15) is 13.3 Å². The Kier molecular flexibility index (Phi) is 3.78. The highest BCUT2D eigenvalue weighted by Gasteiger charge is 2.16. The van der Waals surface area contributed by atoms with Crippen molar-refractivity contribution in [1.29, 1.82) is 0 Å². The van der Waals surface area contributed by atoms with Crippen molar-refractivity contribution in [3.63, 3.8) is 0 Å². The maximum absolute atomic E-state index is 11.5. The van der Waals surface area contributed by atoms with E-state index in [2.05, 4.69) is 0 Å². The van der Waals surface area contributed by atoms with Gasteiger partial charge in [0.2, 0.25) is 0 Å². The maximum atomic E-state index is 11.5. The molecule has 5 heteroatoms. The highest BCUT2D eigenvalue weighted by atomic mass is 35.7. The van der Waals surface area contributed by atoms with Gasteiger partial charge in [-0.2, -0.15) is 0 Å². The Morgan fingerprint density at radius 3 is 2.39 bits per heavy atom. The minimum atomic E-state index is -3.75. The maximum Gasteiger partial charge on any atom is 0.261 e. The van der Waals surface area contributed by atoms with E-state index in [1.165, 1.54) is 6.07 Å². The number of fused-ring (bicyclic) bond motifs is 1. The van der Waals surface area contributed by atoms with E-state index < -0.39 is 9.05 Å². The minimum absolute atomic E-state index is 0.114. The molecule has 0 aromatic heterocycles. The first-order chi connectivity index (χ1) is 8.54. The Balaban J connectivity index is 2.66. The lowest BCUT2D eigenvalue weighted by atomic mass is 10.1. The number of rotatable bonds is 4. The smallest absolute Gasteiger partial charge is 0.261 e. The summed E-state index contributed by atoms with van der Waals surface area (Å²) in [5, 5.41) is 1.34. The first-order valence-corrected chi connectivity index (χ1v) is 7.94. The van der Waals surface area contributed by atoms with Crippen LogP contribution in [0.3, 0.4) is 0 Å². The van der Waals surface area contributed by atoms with Gasteiger partial charge in [0.15, 0.2) is 0 Å². The summed E-state index contributed by atoms with van der Waals surface area (Å²) in [5.74, 6) is 0.677. The van der Waals surface area contributed by atoms with Gasteiger partial charge < -0.3 is 4.74 Å². The zero-order valence-electron chi connectivity index (χ0n) is 9.89. The van der Waals surface area contributed by atoms with E-state index in [9.17, 15) is 8.42 Å². The van der Waals surface area contributed by atoms with Crippen molar-refractivity contribution in [3.8, 4) is 5.75 Å². The molecule has 2 aromatic carbocycles. The average molecular weight is 285 g/mol. The van der Waals surface area contributed by atoms with Crippen LogP contribution >= 0.6 is 10.7 Å². The second-order valence-electron chi connectivity index (χ2n) is 3.89. The van der Waals surface area contributed by atoms with E-state index in [4.69, 9.17) is 15.4 Å². The molecule has 0 amide bonds. The van der Waals surface area contributed by atoms with Crippen molar-refractivity contribution in [3.05, 3.63) is 36.4 Å². The Morgan fingerprint density at radius 1 is 1.11 bits per heavy atom. The van der Waals surface area contributed by atoms with E-state index in [0.717, 1.165) is 11.8 Å². The molecule has 18 heavy (non-hydrogen) atoms. The Morgan fingerprint density at radius 2 is 1.78 bits per heavy atom. The zero-order chi connectivity index (χ0) is 13.2. The summed E-state index contributed by atoms with van der Waals surface area (Å²) in [6.07, 6.45) is 0.893. The molecule has 2 aromatic rings. The van der Waals surface area contributed by atoms with Gasteiger partial charge >= 0.3 is 0 Å². The van der Waals surface area contributed by atoms with E-state index >= 15 is 0 Å². The highest BCUT2D eigenvalue weighted by Crippen LogP contribution is 2.32. The monoisotopic (exact) mass is 284 g/mol. The van der Waals surface area contributed by atoms with Gasteiger partial charge in [0.25, 0.3) is 9.05 Å². The van der Waals surface area contributed by atoms with Crippen LogP contribution in [0, 0.1) is 0 Å². The third-order valence-corrected chi connectivity index (χ3v) is 3.95. The molecule has 0 unspecified atom stereocenters. The number of hydrogen-bond acceptors (Lipinski definition) is 3. The number of halogens is 1. The Hall–Kier alpha value is -1.26. The summed E-state index contributed by atoms with van der Waals surface area (Å²) in [5.41, 5.74) is 0. The van der Waals surface area contributed by atoms with E-state index in [1.54, 1.807) is 18.2 Å². The molecule has 0 spiro atoms. The van der Waals surface area contributed by atoms with Gasteiger partial charge in [-0.15, -0.1) is 0 Å². The van der Waals surface area contributed by atoms with Crippen molar-refractivity contribution in [2.45, 2.75) is 18.2 Å². The van der Waals surface area contributed by atoms with Crippen molar-refractivity contribution >= 4 is 30.5 Å². The van der Waals surface area contributed by atoms with Gasteiger partial charge in [0.05, 0.1) is 11.5 Å². The summed E-state index contributed by atoms with van der Waals surface area (Å²) in [6.45, 7) is 2.61. The van der Waals surface area contributed by atoms with Crippen LogP contribution < -0.4 is 4.74 Å². The molecule has 0 saturated carbocycles. The number of benzene rings is 2. The molecule has 0 fully saturated rings. The lowest BCUT2D eigenvalue weighted by molar-refractivity contribution is 0.321.